The highest BCUT2D eigenvalue weighted by atomic mass is 35.5. The van der Waals surface area contributed by atoms with Gasteiger partial charge in [-0.25, -0.2) is 4.98 Å². The van der Waals surface area contributed by atoms with E-state index in [9.17, 15) is 0 Å². The van der Waals surface area contributed by atoms with Gasteiger partial charge in [-0.15, -0.1) is 0 Å². The van der Waals surface area contributed by atoms with Crippen LogP contribution in [0.4, 0.5) is 0 Å². The van der Waals surface area contributed by atoms with Gasteiger partial charge in [-0.05, 0) is 25.4 Å². The van der Waals surface area contributed by atoms with Gasteiger partial charge >= 0.3 is 0 Å². The molecule has 1 aromatic heterocycles. The molecule has 0 atom stereocenters. The maximum atomic E-state index is 5.62. The fraction of sp³-hybridized carbons (Fsp3) is 0.429. The fourth-order valence-electron chi connectivity index (χ4n) is 0.672. The maximum absolute atomic E-state index is 5.62. The monoisotopic (exact) mass is 206 g/mol. The normalized spacial score (nSPS) is 10.4. The van der Waals surface area contributed by atoms with Crippen molar-refractivity contribution in [1.29, 1.82) is 0 Å². The molecule has 66 valence electrons. The van der Waals surface area contributed by atoms with Crippen molar-refractivity contribution in [1.82, 2.24) is 9.97 Å². The molecule has 0 aromatic carbocycles. The van der Waals surface area contributed by atoms with Gasteiger partial charge in [-0.2, -0.15) is 4.98 Å². The third-order valence-electron chi connectivity index (χ3n) is 1.00. The van der Waals surface area contributed by atoms with Crippen molar-refractivity contribution >= 4 is 23.2 Å². The van der Waals surface area contributed by atoms with Crippen LogP contribution in [0.1, 0.15) is 13.8 Å². The molecule has 0 radical (unpaired) electrons. The second-order valence-electron chi connectivity index (χ2n) is 2.46. The Kier molecular flexibility index (Phi) is 3.12. The van der Waals surface area contributed by atoms with E-state index in [4.69, 9.17) is 27.9 Å². The third-order valence-corrected chi connectivity index (χ3v) is 1.36. The minimum absolute atomic E-state index is 0.0482. The van der Waals surface area contributed by atoms with Crippen molar-refractivity contribution in [3.63, 3.8) is 0 Å². The molecule has 12 heavy (non-hydrogen) atoms. The fourth-order valence-corrected chi connectivity index (χ4v) is 1.06. The lowest BCUT2D eigenvalue weighted by molar-refractivity contribution is 0.232. The zero-order valence-corrected chi connectivity index (χ0v) is 8.23. The molecule has 0 saturated carbocycles. The van der Waals surface area contributed by atoms with E-state index >= 15 is 0 Å². The summed E-state index contributed by atoms with van der Waals surface area (Å²) in [6.07, 6.45) is 0.0482. The Morgan fingerprint density at radius 2 is 2.00 bits per heavy atom. The summed E-state index contributed by atoms with van der Waals surface area (Å²) >= 11 is 11.2. The van der Waals surface area contributed by atoms with Gasteiger partial charge in [0, 0.05) is 6.07 Å². The topological polar surface area (TPSA) is 35.0 Å². The minimum Gasteiger partial charge on any atom is -0.475 e. The zero-order valence-electron chi connectivity index (χ0n) is 6.71. The Balaban J connectivity index is 2.85. The van der Waals surface area contributed by atoms with E-state index in [2.05, 4.69) is 9.97 Å². The number of aromatic nitrogens is 2. The predicted octanol–water partition coefficient (Wildman–Crippen LogP) is 2.57. The highest BCUT2D eigenvalue weighted by Crippen LogP contribution is 2.16. The third kappa shape index (κ3) is 2.83. The molecule has 0 spiro atoms. The van der Waals surface area contributed by atoms with Gasteiger partial charge in [0.05, 0.1) is 6.10 Å². The van der Waals surface area contributed by atoms with Crippen molar-refractivity contribution in [2.24, 2.45) is 0 Å². The van der Waals surface area contributed by atoms with E-state index in [0.717, 1.165) is 0 Å². The van der Waals surface area contributed by atoms with Gasteiger partial charge in [0.1, 0.15) is 5.15 Å². The van der Waals surface area contributed by atoms with Crippen LogP contribution in [0.25, 0.3) is 0 Å². The van der Waals surface area contributed by atoms with Crippen molar-refractivity contribution in [2.45, 2.75) is 20.0 Å². The molecule has 3 nitrogen and oxygen atoms in total. The summed E-state index contributed by atoms with van der Waals surface area (Å²) in [6, 6.07) is 1.52. The standard InChI is InChI=1S/C7H8Cl2N2O/c1-4(2)12-6-3-5(8)10-7(9)11-6/h3-4H,1-2H3. The van der Waals surface area contributed by atoms with Crippen LogP contribution in [0.2, 0.25) is 10.4 Å². The Labute approximate surface area is 80.7 Å². The van der Waals surface area contributed by atoms with E-state index < -0.39 is 0 Å². The Morgan fingerprint density at radius 3 is 2.50 bits per heavy atom. The largest absolute Gasteiger partial charge is 0.475 e. The summed E-state index contributed by atoms with van der Waals surface area (Å²) in [5.41, 5.74) is 0. The molecular weight excluding hydrogens is 199 g/mol. The van der Waals surface area contributed by atoms with E-state index in [0.29, 0.717) is 5.88 Å². The Bertz CT molecular complexity index is 258. The molecule has 0 saturated heterocycles. The average molecular weight is 207 g/mol. The van der Waals surface area contributed by atoms with Gasteiger partial charge in [0.25, 0.3) is 0 Å². The second kappa shape index (κ2) is 3.92. The lowest BCUT2D eigenvalue weighted by Gasteiger charge is -2.07. The van der Waals surface area contributed by atoms with Crippen LogP contribution in [0.15, 0.2) is 6.07 Å². The van der Waals surface area contributed by atoms with Crippen LogP contribution in [0.5, 0.6) is 5.88 Å². The number of hydrogen-bond donors (Lipinski definition) is 0. The molecule has 0 aliphatic carbocycles. The van der Waals surface area contributed by atoms with Crippen LogP contribution in [0, 0.1) is 0 Å². The quantitative estimate of drug-likeness (QED) is 0.552. The van der Waals surface area contributed by atoms with Gasteiger partial charge < -0.3 is 4.74 Å². The molecule has 1 rings (SSSR count). The highest BCUT2D eigenvalue weighted by Gasteiger charge is 2.03. The predicted molar refractivity (Wildman–Crippen MR) is 47.8 cm³/mol. The van der Waals surface area contributed by atoms with E-state index in [1.54, 1.807) is 0 Å². The smallest absolute Gasteiger partial charge is 0.227 e. The molecule has 0 N–H and O–H groups in total. The molecular formula is C7H8Cl2N2O. The first-order valence-electron chi connectivity index (χ1n) is 3.44. The van der Waals surface area contributed by atoms with Gasteiger partial charge in [-0.1, -0.05) is 11.6 Å². The molecule has 0 bridgehead atoms. The van der Waals surface area contributed by atoms with Gasteiger partial charge in [-0.3, -0.25) is 0 Å². The van der Waals surface area contributed by atoms with Gasteiger partial charge in [0.2, 0.25) is 11.2 Å². The van der Waals surface area contributed by atoms with E-state index in [-0.39, 0.29) is 16.5 Å². The van der Waals surface area contributed by atoms with Gasteiger partial charge in [0.15, 0.2) is 0 Å². The first kappa shape index (κ1) is 9.55. The Morgan fingerprint density at radius 1 is 1.33 bits per heavy atom. The number of hydrogen-bond acceptors (Lipinski definition) is 3. The highest BCUT2D eigenvalue weighted by molar-refractivity contribution is 6.31. The van der Waals surface area contributed by atoms with Crippen molar-refractivity contribution < 1.29 is 4.74 Å². The molecule has 5 heteroatoms. The first-order chi connectivity index (χ1) is 5.58. The van der Waals surface area contributed by atoms with Crippen LogP contribution in [0.3, 0.4) is 0 Å². The SMILES string of the molecule is CC(C)Oc1cc(Cl)nc(Cl)n1. The minimum atomic E-state index is 0.0482. The lowest BCUT2D eigenvalue weighted by atomic mass is 10.5. The summed E-state index contributed by atoms with van der Waals surface area (Å²) < 4.78 is 5.26. The first-order valence-corrected chi connectivity index (χ1v) is 4.20. The summed E-state index contributed by atoms with van der Waals surface area (Å²) in [6.45, 7) is 3.79. The lowest BCUT2D eigenvalue weighted by Crippen LogP contribution is -2.07. The average Bonchev–Trinajstić information content (AvgIpc) is 1.81. The summed E-state index contributed by atoms with van der Waals surface area (Å²) in [7, 11) is 0. The zero-order chi connectivity index (χ0) is 9.14. The molecule has 0 aliphatic heterocycles. The van der Waals surface area contributed by atoms with Crippen molar-refractivity contribution in [3.8, 4) is 5.88 Å². The van der Waals surface area contributed by atoms with Crippen LogP contribution in [-0.2, 0) is 0 Å². The molecule has 0 amide bonds. The molecule has 0 fully saturated rings. The number of ether oxygens (including phenoxy) is 1. The molecule has 1 heterocycles. The van der Waals surface area contributed by atoms with Crippen molar-refractivity contribution in [3.05, 3.63) is 16.5 Å². The maximum Gasteiger partial charge on any atom is 0.227 e. The number of rotatable bonds is 2. The summed E-state index contributed by atoms with van der Waals surface area (Å²) in [5.74, 6) is 0.398. The summed E-state index contributed by atoms with van der Waals surface area (Å²) in [5, 5.41) is 0.379. The van der Waals surface area contributed by atoms with E-state index in [1.165, 1.54) is 6.07 Å². The molecule has 0 aliphatic rings. The van der Waals surface area contributed by atoms with Crippen LogP contribution >= 0.6 is 23.2 Å². The molecule has 1 aromatic rings. The van der Waals surface area contributed by atoms with Crippen LogP contribution < -0.4 is 4.74 Å². The molecule has 0 unspecified atom stereocenters. The number of nitrogens with zero attached hydrogens (tertiary/aromatic N) is 2. The van der Waals surface area contributed by atoms with Crippen molar-refractivity contribution in [2.75, 3.05) is 0 Å². The Hall–Kier alpha value is -0.540. The number of halogens is 2. The van der Waals surface area contributed by atoms with E-state index in [1.807, 2.05) is 13.8 Å². The van der Waals surface area contributed by atoms with Crippen LogP contribution in [-0.4, -0.2) is 16.1 Å². The summed E-state index contributed by atoms with van der Waals surface area (Å²) in [4.78, 5) is 7.50. The second-order valence-corrected chi connectivity index (χ2v) is 3.19.